The van der Waals surface area contributed by atoms with Gasteiger partial charge in [-0.05, 0) is 64.4 Å². The minimum atomic E-state index is -0.432. The predicted molar refractivity (Wildman–Crippen MR) is 225 cm³/mol. The molecule has 0 amide bonds. The first kappa shape index (κ1) is 29.7. The van der Waals surface area contributed by atoms with Crippen LogP contribution in [-0.2, 0) is 21.1 Å². The molecule has 3 heterocycles. The van der Waals surface area contributed by atoms with Crippen LogP contribution in [-0.4, -0.2) is 14.1 Å². The van der Waals surface area contributed by atoms with E-state index in [0.29, 0.717) is 11.5 Å². The normalized spacial score (nSPS) is 12.8. The Balaban J connectivity index is 0.00000504. The zero-order chi connectivity index (χ0) is 42.8. The van der Waals surface area contributed by atoms with Crippen LogP contribution in [0.1, 0.15) is 33.6 Å². The first-order valence-electron chi connectivity index (χ1n) is 21.4. The number of aromatic nitrogens is 4. The summed E-state index contributed by atoms with van der Waals surface area (Å²) in [7, 11) is 0. The molecule has 0 radical (unpaired) electrons. The summed E-state index contributed by atoms with van der Waals surface area (Å²) in [5.74, 6) is 0.715. The molecule has 0 unspecified atom stereocenters. The van der Waals surface area contributed by atoms with Gasteiger partial charge < -0.3 is 13.9 Å². The van der Waals surface area contributed by atoms with Gasteiger partial charge in [0.1, 0.15) is 5.82 Å². The quantitative estimate of drug-likeness (QED) is 0.112. The molecule has 5 nitrogen and oxygen atoms in total. The first-order valence-corrected chi connectivity index (χ1v) is 18.4. The molecule has 0 saturated heterocycles. The number of rotatable bonds is 8. The number of nitrogens with zero attached hydrogens (tertiary/aromatic N) is 4. The summed E-state index contributed by atoms with van der Waals surface area (Å²) in [5.41, 5.74) is 8.90. The van der Waals surface area contributed by atoms with Crippen molar-refractivity contribution in [2.45, 2.75) is 19.8 Å². The van der Waals surface area contributed by atoms with Crippen LogP contribution in [0.4, 0.5) is 0 Å². The molecule has 0 aliphatic carbocycles. The fourth-order valence-electron chi connectivity index (χ4n) is 7.32. The van der Waals surface area contributed by atoms with Crippen molar-refractivity contribution in [1.29, 1.82) is 0 Å². The molecular formula is C51H36N4OPt-2. The Hall–Kier alpha value is -6.55. The molecule has 10 rings (SSSR count). The molecule has 10 aromatic rings. The Bertz CT molecular complexity index is 3330. The van der Waals surface area contributed by atoms with Gasteiger partial charge in [-0.15, -0.1) is 29.6 Å². The average molecular weight is 922 g/mol. The molecule has 3 aromatic heterocycles. The van der Waals surface area contributed by atoms with Crippen molar-refractivity contribution in [1.82, 2.24) is 14.1 Å². The van der Waals surface area contributed by atoms with Crippen LogP contribution in [0.2, 0.25) is 0 Å². The monoisotopic (exact) mass is 921 g/mol. The number of hydrogen-bond acceptors (Lipinski definition) is 2. The van der Waals surface area contributed by atoms with E-state index in [2.05, 4.69) is 76.5 Å². The van der Waals surface area contributed by atoms with Crippen LogP contribution >= 0.6 is 0 Å². The van der Waals surface area contributed by atoms with Crippen LogP contribution in [0.15, 0.2) is 176 Å². The second-order valence-corrected chi connectivity index (χ2v) is 13.8. The fourth-order valence-corrected chi connectivity index (χ4v) is 7.32. The maximum atomic E-state index is 9.27. The molecule has 0 aliphatic rings. The standard InChI is InChI=1S/C51H36N4O.Pt/c1-35(2)38-29-30-52-50(31-38)55-46-24-10-9-21-44(46)45-28-27-41(33-49(45)55)56-40-20-13-19-39(32-40)53-34-54(48-26-12-11-25-47(48)53)51-42(36-15-5-3-6-16-36)22-14-23-43(51)37-17-7-4-8-18-37;/h3-31,35H,1-2H3;/q-2;/i9D,10D,21D,24D,27D,28D;. The van der Waals surface area contributed by atoms with Gasteiger partial charge in [-0.1, -0.05) is 141 Å². The zero-order valence-corrected chi connectivity index (χ0v) is 33.1. The van der Waals surface area contributed by atoms with Crippen molar-refractivity contribution in [3.8, 4) is 50.9 Å². The van der Waals surface area contributed by atoms with Crippen LogP contribution in [0, 0.1) is 18.5 Å². The smallest absolute Gasteiger partial charge is 0.268 e. The van der Waals surface area contributed by atoms with E-state index < -0.39 is 12.1 Å². The molecule has 278 valence electrons. The number of para-hydroxylation sites is 4. The molecule has 57 heavy (non-hydrogen) atoms. The van der Waals surface area contributed by atoms with E-state index in [9.17, 15) is 1.37 Å². The Labute approximate surface area is 354 Å². The number of fused-ring (bicyclic) bond motifs is 4. The van der Waals surface area contributed by atoms with Crippen molar-refractivity contribution in [2.75, 3.05) is 0 Å². The van der Waals surface area contributed by atoms with E-state index in [1.54, 1.807) is 16.8 Å². The summed E-state index contributed by atoms with van der Waals surface area (Å²) >= 11 is 0. The molecule has 0 fully saturated rings. The Kier molecular flexibility index (Phi) is 7.91. The number of pyridine rings is 1. The van der Waals surface area contributed by atoms with Gasteiger partial charge in [0, 0.05) is 45.6 Å². The van der Waals surface area contributed by atoms with Crippen LogP contribution in [0.25, 0.3) is 72.3 Å². The third-order valence-corrected chi connectivity index (χ3v) is 10.00. The van der Waals surface area contributed by atoms with E-state index in [4.69, 9.17) is 11.6 Å². The maximum Gasteiger partial charge on any atom is 0.268 e. The Morgan fingerprint density at radius 3 is 2.12 bits per heavy atom. The summed E-state index contributed by atoms with van der Waals surface area (Å²) in [4.78, 5) is 4.62. The van der Waals surface area contributed by atoms with Gasteiger partial charge >= 0.3 is 0 Å². The van der Waals surface area contributed by atoms with Crippen molar-refractivity contribution in [3.05, 3.63) is 200 Å². The van der Waals surface area contributed by atoms with Crippen molar-refractivity contribution < 1.29 is 38.6 Å². The van der Waals surface area contributed by atoms with E-state index in [0.717, 1.165) is 44.5 Å². The topological polar surface area (TPSA) is 35.9 Å². The predicted octanol–water partition coefficient (Wildman–Crippen LogP) is 12.0. The molecule has 0 N–H and O–H groups in total. The Morgan fingerprint density at radius 2 is 1.37 bits per heavy atom. The number of ether oxygens (including phenoxy) is 1. The van der Waals surface area contributed by atoms with Crippen molar-refractivity contribution >= 4 is 32.8 Å². The second-order valence-electron chi connectivity index (χ2n) is 13.8. The molecule has 0 aliphatic heterocycles. The van der Waals surface area contributed by atoms with E-state index >= 15 is 0 Å². The molecule has 6 heteroatoms. The van der Waals surface area contributed by atoms with Gasteiger partial charge in [0.2, 0.25) is 0 Å². The third kappa shape index (κ3) is 6.54. The summed E-state index contributed by atoms with van der Waals surface area (Å²) in [6, 6.07) is 48.8. The fraction of sp³-hybridized carbons (Fsp3) is 0.0588. The van der Waals surface area contributed by atoms with Crippen molar-refractivity contribution in [3.63, 3.8) is 0 Å². The molecule has 0 atom stereocenters. The van der Waals surface area contributed by atoms with Crippen LogP contribution < -0.4 is 9.30 Å². The molecular weight excluding hydrogens is 880 g/mol. The number of benzene rings is 7. The number of hydrogen-bond donors (Lipinski definition) is 0. The average Bonchev–Trinajstić information content (AvgIpc) is 3.86. The van der Waals surface area contributed by atoms with Gasteiger partial charge in [0.15, 0.2) is 0 Å². The zero-order valence-electron chi connectivity index (χ0n) is 36.9. The van der Waals surface area contributed by atoms with Crippen LogP contribution in [0.5, 0.6) is 11.5 Å². The minimum Gasteiger partial charge on any atom is -0.510 e. The van der Waals surface area contributed by atoms with Gasteiger partial charge in [-0.25, -0.2) is 4.98 Å². The maximum absolute atomic E-state index is 9.27. The van der Waals surface area contributed by atoms with Gasteiger partial charge in [-0.2, -0.15) is 18.2 Å². The van der Waals surface area contributed by atoms with E-state index in [1.165, 1.54) is 0 Å². The second kappa shape index (κ2) is 15.2. The van der Waals surface area contributed by atoms with E-state index in [1.807, 2.05) is 97.3 Å². The van der Waals surface area contributed by atoms with Gasteiger partial charge in [-0.3, -0.25) is 4.57 Å². The summed E-state index contributed by atoms with van der Waals surface area (Å²) in [6.45, 7) is 4.10. The summed E-state index contributed by atoms with van der Waals surface area (Å²) in [5, 5.41) is 0.271. The van der Waals surface area contributed by atoms with E-state index in [-0.39, 0.29) is 84.5 Å². The molecule has 0 saturated carbocycles. The third-order valence-electron chi connectivity index (χ3n) is 10.00. The summed E-state index contributed by atoms with van der Waals surface area (Å²) in [6.07, 6.45) is 5.30. The Morgan fingerprint density at radius 1 is 0.667 bits per heavy atom. The molecule has 7 aromatic carbocycles. The molecule has 0 spiro atoms. The number of imidazole rings is 1. The molecule has 0 bridgehead atoms. The van der Waals surface area contributed by atoms with Crippen molar-refractivity contribution in [2.24, 2.45) is 0 Å². The first-order chi connectivity index (χ1) is 30.1. The summed E-state index contributed by atoms with van der Waals surface area (Å²) < 4.78 is 65.3. The van der Waals surface area contributed by atoms with Crippen LogP contribution in [0.3, 0.4) is 0 Å². The minimum absolute atomic E-state index is 0. The largest absolute Gasteiger partial charge is 0.510 e. The SMILES string of the molecule is [2H]c1c(Oc2[c-]c(-n3[c-][n+](-c4c(-c5ccccc5)cccc4-c4ccccc4)c4ccccc43)ccc2)[c-]c2c(c1[2H])c1c([2H])c([2H])c([2H])c([2H])c1n2-c1cc(C(C)C)ccn1.[Pt]. The van der Waals surface area contributed by atoms with Gasteiger partial charge in [0.05, 0.1) is 22.2 Å². The van der Waals surface area contributed by atoms with Gasteiger partial charge in [0.25, 0.3) is 6.33 Å².